The fourth-order valence-electron chi connectivity index (χ4n) is 5.07. The number of hydrogen-bond donors (Lipinski definition) is 0. The lowest BCUT2D eigenvalue weighted by Crippen LogP contribution is -2.52. The van der Waals surface area contributed by atoms with Crippen molar-refractivity contribution in [2.24, 2.45) is 0 Å². The summed E-state index contributed by atoms with van der Waals surface area (Å²) in [7, 11) is 0. The van der Waals surface area contributed by atoms with E-state index in [1.165, 1.54) is 11.3 Å². The summed E-state index contributed by atoms with van der Waals surface area (Å²) in [6.45, 7) is 14.1. The van der Waals surface area contributed by atoms with Gasteiger partial charge in [-0.05, 0) is 43.9 Å². The number of piperidine rings is 1. The van der Waals surface area contributed by atoms with Crippen molar-refractivity contribution in [1.29, 1.82) is 0 Å². The van der Waals surface area contributed by atoms with Crippen LogP contribution in [0, 0.1) is 6.92 Å². The van der Waals surface area contributed by atoms with E-state index in [1.807, 2.05) is 18.2 Å². The van der Waals surface area contributed by atoms with Crippen molar-refractivity contribution in [3.05, 3.63) is 78.1 Å². The molecule has 2 aromatic carbocycles. The third-order valence-electron chi connectivity index (χ3n) is 7.08. The lowest BCUT2D eigenvalue weighted by molar-refractivity contribution is -0.124. The Bertz CT molecular complexity index is 892. The lowest BCUT2D eigenvalue weighted by atomic mass is 9.70. The van der Waals surface area contributed by atoms with Gasteiger partial charge in [0.1, 0.15) is 5.78 Å². The van der Waals surface area contributed by atoms with Crippen LogP contribution in [0.1, 0.15) is 30.9 Å². The second kappa shape index (κ2) is 8.55. The Hall–Kier alpha value is -2.75. The minimum atomic E-state index is -0.346. The average Bonchev–Trinajstić information content (AvgIpc) is 2.79. The molecule has 2 aliphatic heterocycles. The number of rotatable bonds is 5. The first-order valence-electron chi connectivity index (χ1n) is 11.1. The van der Waals surface area contributed by atoms with Gasteiger partial charge in [-0.15, -0.1) is 0 Å². The molecular formula is C26H33N3O. The largest absolute Gasteiger partial charge is 0.368 e. The first kappa shape index (κ1) is 20.5. The van der Waals surface area contributed by atoms with Crippen LogP contribution in [0.3, 0.4) is 0 Å². The van der Waals surface area contributed by atoms with Crippen LogP contribution in [-0.2, 0) is 10.2 Å². The second-order valence-corrected chi connectivity index (χ2v) is 8.67. The predicted octanol–water partition coefficient (Wildman–Crippen LogP) is 4.21. The Balaban J connectivity index is 1.37. The summed E-state index contributed by atoms with van der Waals surface area (Å²) in [5.74, 6) is 1.40. The number of piperazine rings is 1. The van der Waals surface area contributed by atoms with E-state index in [-0.39, 0.29) is 11.2 Å². The number of carbonyl (C=O) groups excluding carboxylic acids is 1. The number of hydrogen-bond acceptors (Lipinski definition) is 4. The molecule has 2 saturated heterocycles. The first-order chi connectivity index (χ1) is 14.5. The second-order valence-electron chi connectivity index (χ2n) is 8.67. The van der Waals surface area contributed by atoms with E-state index < -0.39 is 0 Å². The normalized spacial score (nSPS) is 18.9. The molecule has 0 atom stereocenters. The summed E-state index contributed by atoms with van der Waals surface area (Å²) in [6.07, 6.45) is 1.71. The van der Waals surface area contributed by atoms with Crippen LogP contribution in [0.2, 0.25) is 0 Å². The SMILES string of the molecule is C=C(N1CCN(c2ccccc2C)CC1)N1CCC(C(C)=O)(c2ccccc2)CC1. The van der Waals surface area contributed by atoms with E-state index in [1.54, 1.807) is 6.92 Å². The molecule has 0 unspecified atom stereocenters. The first-order valence-corrected chi connectivity index (χ1v) is 11.1. The Morgan fingerprint density at radius 1 is 0.833 bits per heavy atom. The maximum Gasteiger partial charge on any atom is 0.140 e. The van der Waals surface area contributed by atoms with E-state index in [0.29, 0.717) is 0 Å². The molecule has 0 aliphatic carbocycles. The highest BCUT2D eigenvalue weighted by atomic mass is 16.1. The molecule has 0 amide bonds. The Labute approximate surface area is 180 Å². The molecule has 0 spiro atoms. The highest BCUT2D eigenvalue weighted by Crippen LogP contribution is 2.37. The topological polar surface area (TPSA) is 26.8 Å². The highest BCUT2D eigenvalue weighted by Gasteiger charge is 2.41. The van der Waals surface area contributed by atoms with Gasteiger partial charge in [-0.1, -0.05) is 55.1 Å². The minimum absolute atomic E-state index is 0.283. The molecule has 0 N–H and O–H groups in total. The molecule has 0 saturated carbocycles. The number of carbonyl (C=O) groups is 1. The molecule has 0 aromatic heterocycles. The maximum atomic E-state index is 12.6. The number of Topliss-reactive ketones (excluding diaryl/α,β-unsaturated/α-hetero) is 1. The molecule has 30 heavy (non-hydrogen) atoms. The Morgan fingerprint density at radius 3 is 2.00 bits per heavy atom. The molecule has 4 nitrogen and oxygen atoms in total. The van der Waals surface area contributed by atoms with Gasteiger partial charge in [0.05, 0.1) is 11.2 Å². The van der Waals surface area contributed by atoms with Crippen LogP contribution >= 0.6 is 0 Å². The van der Waals surface area contributed by atoms with E-state index >= 15 is 0 Å². The number of ketones is 1. The predicted molar refractivity (Wildman–Crippen MR) is 124 cm³/mol. The van der Waals surface area contributed by atoms with Crippen LogP contribution in [0.25, 0.3) is 0 Å². The van der Waals surface area contributed by atoms with Gasteiger partial charge in [-0.2, -0.15) is 0 Å². The van der Waals surface area contributed by atoms with E-state index in [4.69, 9.17) is 0 Å². The summed E-state index contributed by atoms with van der Waals surface area (Å²) < 4.78 is 0. The molecule has 158 valence electrons. The number of likely N-dealkylation sites (tertiary alicyclic amines) is 1. The van der Waals surface area contributed by atoms with E-state index in [0.717, 1.165) is 63.5 Å². The van der Waals surface area contributed by atoms with Crippen molar-refractivity contribution in [2.75, 3.05) is 44.2 Å². The molecule has 2 aliphatic rings. The molecule has 0 bridgehead atoms. The van der Waals surface area contributed by atoms with Crippen LogP contribution in [0.4, 0.5) is 5.69 Å². The smallest absolute Gasteiger partial charge is 0.140 e. The number of para-hydroxylation sites is 1. The fraction of sp³-hybridized carbons (Fsp3) is 0.423. The molecule has 4 heteroatoms. The van der Waals surface area contributed by atoms with Gasteiger partial charge < -0.3 is 14.7 Å². The van der Waals surface area contributed by atoms with Crippen molar-refractivity contribution >= 4 is 11.5 Å². The molecule has 0 radical (unpaired) electrons. The average molecular weight is 404 g/mol. The monoisotopic (exact) mass is 403 g/mol. The number of benzene rings is 2. The fourth-order valence-corrected chi connectivity index (χ4v) is 5.07. The van der Waals surface area contributed by atoms with Gasteiger partial charge >= 0.3 is 0 Å². The summed E-state index contributed by atoms with van der Waals surface area (Å²) >= 11 is 0. The van der Waals surface area contributed by atoms with Crippen molar-refractivity contribution in [3.63, 3.8) is 0 Å². The van der Waals surface area contributed by atoms with Crippen molar-refractivity contribution in [2.45, 2.75) is 32.1 Å². The van der Waals surface area contributed by atoms with Crippen molar-refractivity contribution in [3.8, 4) is 0 Å². The Kier molecular flexibility index (Phi) is 5.85. The summed E-state index contributed by atoms with van der Waals surface area (Å²) in [4.78, 5) is 19.9. The zero-order chi connectivity index (χ0) is 21.1. The van der Waals surface area contributed by atoms with Crippen molar-refractivity contribution in [1.82, 2.24) is 9.80 Å². The van der Waals surface area contributed by atoms with Gasteiger partial charge in [0.2, 0.25) is 0 Å². The molecular weight excluding hydrogens is 370 g/mol. The molecule has 2 fully saturated rings. The molecule has 2 heterocycles. The molecule has 4 rings (SSSR count). The minimum Gasteiger partial charge on any atom is -0.368 e. The quantitative estimate of drug-likeness (QED) is 0.747. The number of aryl methyl sites for hydroxylation is 1. The number of anilines is 1. The van der Waals surface area contributed by atoms with Crippen LogP contribution in [-0.4, -0.2) is 54.9 Å². The van der Waals surface area contributed by atoms with E-state index in [2.05, 4.69) is 64.6 Å². The highest BCUT2D eigenvalue weighted by molar-refractivity contribution is 5.88. The maximum absolute atomic E-state index is 12.6. The summed E-state index contributed by atoms with van der Waals surface area (Å²) in [6, 6.07) is 18.9. The van der Waals surface area contributed by atoms with E-state index in [9.17, 15) is 4.79 Å². The third-order valence-corrected chi connectivity index (χ3v) is 7.08. The zero-order valence-electron chi connectivity index (χ0n) is 18.3. The van der Waals surface area contributed by atoms with Crippen LogP contribution in [0.15, 0.2) is 67.0 Å². The summed E-state index contributed by atoms with van der Waals surface area (Å²) in [5, 5.41) is 0. The lowest BCUT2D eigenvalue weighted by Gasteiger charge is -2.46. The molecule has 2 aromatic rings. The van der Waals surface area contributed by atoms with Crippen LogP contribution in [0.5, 0.6) is 0 Å². The summed E-state index contributed by atoms with van der Waals surface area (Å²) in [5.41, 5.74) is 3.49. The van der Waals surface area contributed by atoms with Gasteiger partial charge in [-0.3, -0.25) is 4.79 Å². The number of nitrogens with zero attached hydrogens (tertiary/aromatic N) is 3. The Morgan fingerprint density at radius 2 is 1.40 bits per heavy atom. The van der Waals surface area contributed by atoms with Gasteiger partial charge in [-0.25, -0.2) is 0 Å². The standard InChI is InChI=1S/C26H33N3O/c1-21-9-7-8-12-25(21)29-19-17-28(18-20-29)23(3)27-15-13-26(14-16-27,22(2)30)24-10-5-4-6-11-24/h4-12H,3,13-20H2,1-2H3. The van der Waals surface area contributed by atoms with Gasteiger partial charge in [0.15, 0.2) is 0 Å². The third kappa shape index (κ3) is 3.83. The van der Waals surface area contributed by atoms with Gasteiger partial charge in [0.25, 0.3) is 0 Å². The van der Waals surface area contributed by atoms with Crippen LogP contribution < -0.4 is 4.90 Å². The zero-order valence-corrected chi connectivity index (χ0v) is 18.3. The van der Waals surface area contributed by atoms with Gasteiger partial charge in [0, 0.05) is 45.0 Å². The van der Waals surface area contributed by atoms with Crippen molar-refractivity contribution < 1.29 is 4.79 Å².